The molecule has 3 rings (SSSR count). The molecule has 0 saturated heterocycles. The van der Waals surface area contributed by atoms with Crippen molar-refractivity contribution < 1.29 is 28.8 Å². The zero-order valence-corrected chi connectivity index (χ0v) is 14.3. The first-order chi connectivity index (χ1) is 12.0. The molecule has 25 heavy (non-hydrogen) atoms. The van der Waals surface area contributed by atoms with E-state index in [0.717, 1.165) is 5.56 Å². The van der Waals surface area contributed by atoms with Crippen LogP contribution in [-0.2, 0) is 4.79 Å². The highest BCUT2D eigenvalue weighted by molar-refractivity contribution is 5.69. The molecule has 0 spiro atoms. The van der Waals surface area contributed by atoms with E-state index in [9.17, 15) is 9.90 Å². The summed E-state index contributed by atoms with van der Waals surface area (Å²) in [6.07, 6.45) is -0.742. The highest BCUT2D eigenvalue weighted by atomic mass is 16.5. The molecule has 0 fully saturated rings. The highest BCUT2D eigenvalue weighted by Gasteiger charge is 2.31. The zero-order valence-electron chi connectivity index (χ0n) is 14.3. The number of aliphatic hydroxyl groups excluding tert-OH is 1. The Labute approximate surface area is 145 Å². The monoisotopic (exact) mass is 344 g/mol. The van der Waals surface area contributed by atoms with Gasteiger partial charge >= 0.3 is 5.97 Å². The molecule has 2 atom stereocenters. The van der Waals surface area contributed by atoms with Gasteiger partial charge in [0.15, 0.2) is 11.5 Å². The maximum Gasteiger partial charge on any atom is 0.308 e. The van der Waals surface area contributed by atoms with Gasteiger partial charge in [0.1, 0.15) is 11.5 Å². The molecular weight excluding hydrogens is 324 g/mol. The van der Waals surface area contributed by atoms with Crippen molar-refractivity contribution in [3.05, 3.63) is 47.5 Å². The molecule has 0 saturated carbocycles. The lowest BCUT2D eigenvalue weighted by Gasteiger charge is -2.31. The van der Waals surface area contributed by atoms with Crippen LogP contribution in [0.2, 0.25) is 0 Å². The highest BCUT2D eigenvalue weighted by Crippen LogP contribution is 2.43. The molecule has 6 nitrogen and oxygen atoms in total. The number of esters is 1. The number of ether oxygens (including phenoxy) is 4. The quantitative estimate of drug-likeness (QED) is 0.679. The Kier molecular flexibility index (Phi) is 4.81. The van der Waals surface area contributed by atoms with Crippen molar-refractivity contribution in [3.63, 3.8) is 0 Å². The van der Waals surface area contributed by atoms with Gasteiger partial charge in [-0.15, -0.1) is 0 Å². The average molecular weight is 344 g/mol. The molecule has 0 amide bonds. The van der Waals surface area contributed by atoms with Crippen molar-refractivity contribution in [2.45, 2.75) is 18.9 Å². The van der Waals surface area contributed by atoms with Gasteiger partial charge in [0.2, 0.25) is 0 Å². The van der Waals surface area contributed by atoms with Crippen LogP contribution < -0.4 is 18.9 Å². The Morgan fingerprint density at radius 2 is 1.88 bits per heavy atom. The maximum atomic E-state index is 11.1. The molecule has 0 aliphatic carbocycles. The minimum absolute atomic E-state index is 0.244. The number of benzene rings is 2. The van der Waals surface area contributed by atoms with Crippen LogP contribution in [0.15, 0.2) is 36.4 Å². The summed E-state index contributed by atoms with van der Waals surface area (Å²) in [7, 11) is 3.15. The van der Waals surface area contributed by atoms with E-state index in [2.05, 4.69) is 0 Å². The third-order valence-corrected chi connectivity index (χ3v) is 4.20. The summed E-state index contributed by atoms with van der Waals surface area (Å²) in [6, 6.07) is 10.5. The molecule has 0 aromatic heterocycles. The molecule has 1 aliphatic rings. The van der Waals surface area contributed by atoms with E-state index >= 15 is 0 Å². The fourth-order valence-electron chi connectivity index (χ4n) is 2.96. The third-order valence-electron chi connectivity index (χ3n) is 4.20. The van der Waals surface area contributed by atoms with Crippen molar-refractivity contribution in [3.8, 4) is 23.0 Å². The van der Waals surface area contributed by atoms with Gasteiger partial charge in [0, 0.05) is 24.5 Å². The van der Waals surface area contributed by atoms with Gasteiger partial charge < -0.3 is 24.1 Å². The van der Waals surface area contributed by atoms with Crippen molar-refractivity contribution >= 4 is 5.97 Å². The second-order valence-electron chi connectivity index (χ2n) is 5.77. The number of carbonyl (C=O) groups is 1. The van der Waals surface area contributed by atoms with E-state index in [0.29, 0.717) is 35.2 Å². The molecule has 0 bridgehead atoms. The summed E-state index contributed by atoms with van der Waals surface area (Å²) < 4.78 is 21.4. The Morgan fingerprint density at radius 1 is 1.12 bits per heavy atom. The number of aliphatic hydroxyl groups is 1. The van der Waals surface area contributed by atoms with E-state index in [1.807, 2.05) is 12.1 Å². The standard InChI is InChI=1S/C19H20O6/c1-11(20)25-13-5-6-14-17(9-13)24-10-15(19(14)21)12-4-7-16(22-2)18(8-12)23-3/h4-9,15,19,21H,10H2,1-3H3. The van der Waals surface area contributed by atoms with Crippen LogP contribution in [0.1, 0.15) is 30.1 Å². The summed E-state index contributed by atoms with van der Waals surface area (Å²) in [6.45, 7) is 1.63. The van der Waals surface area contributed by atoms with Crippen LogP contribution in [0.3, 0.4) is 0 Å². The molecular formula is C19H20O6. The van der Waals surface area contributed by atoms with Crippen molar-refractivity contribution in [1.29, 1.82) is 0 Å². The lowest BCUT2D eigenvalue weighted by atomic mass is 9.87. The molecule has 2 aromatic rings. The van der Waals surface area contributed by atoms with Crippen molar-refractivity contribution in [2.24, 2.45) is 0 Å². The molecule has 2 unspecified atom stereocenters. The number of methoxy groups -OCH3 is 2. The Morgan fingerprint density at radius 3 is 2.56 bits per heavy atom. The average Bonchev–Trinajstić information content (AvgIpc) is 2.61. The zero-order chi connectivity index (χ0) is 18.0. The van der Waals surface area contributed by atoms with E-state index in [4.69, 9.17) is 18.9 Å². The van der Waals surface area contributed by atoms with Gasteiger partial charge in [-0.2, -0.15) is 0 Å². The van der Waals surface area contributed by atoms with Crippen LogP contribution in [0.25, 0.3) is 0 Å². The first kappa shape index (κ1) is 17.1. The topological polar surface area (TPSA) is 74.2 Å². The molecule has 132 valence electrons. The Hall–Kier alpha value is -2.73. The van der Waals surface area contributed by atoms with Crippen LogP contribution in [0.4, 0.5) is 0 Å². The summed E-state index contributed by atoms with van der Waals surface area (Å²) in [5.74, 6) is 1.49. The SMILES string of the molecule is COc1ccc(C2COc3cc(OC(C)=O)ccc3C2O)cc1OC. The molecule has 6 heteroatoms. The van der Waals surface area contributed by atoms with E-state index < -0.39 is 12.1 Å². The predicted molar refractivity (Wildman–Crippen MR) is 90.5 cm³/mol. The summed E-state index contributed by atoms with van der Waals surface area (Å²) >= 11 is 0. The fraction of sp³-hybridized carbons (Fsp3) is 0.316. The van der Waals surface area contributed by atoms with Gasteiger partial charge in [0.25, 0.3) is 0 Å². The second-order valence-corrected chi connectivity index (χ2v) is 5.77. The molecule has 2 aromatic carbocycles. The second kappa shape index (κ2) is 7.03. The molecule has 1 N–H and O–H groups in total. The van der Waals surface area contributed by atoms with Gasteiger partial charge in [-0.25, -0.2) is 0 Å². The fourth-order valence-corrected chi connectivity index (χ4v) is 2.96. The smallest absolute Gasteiger partial charge is 0.308 e. The third kappa shape index (κ3) is 3.39. The van der Waals surface area contributed by atoms with Crippen molar-refractivity contribution in [2.75, 3.05) is 20.8 Å². The van der Waals surface area contributed by atoms with E-state index in [1.54, 1.807) is 38.5 Å². The lowest BCUT2D eigenvalue weighted by molar-refractivity contribution is -0.131. The Balaban J connectivity index is 1.89. The number of hydrogen-bond acceptors (Lipinski definition) is 6. The number of hydrogen-bond donors (Lipinski definition) is 1. The van der Waals surface area contributed by atoms with Crippen LogP contribution in [-0.4, -0.2) is 31.9 Å². The first-order valence-electron chi connectivity index (χ1n) is 7.88. The van der Waals surface area contributed by atoms with Crippen LogP contribution in [0.5, 0.6) is 23.0 Å². The number of carbonyl (C=O) groups excluding carboxylic acids is 1. The number of rotatable bonds is 4. The first-order valence-corrected chi connectivity index (χ1v) is 7.88. The Bertz CT molecular complexity index is 785. The van der Waals surface area contributed by atoms with Crippen LogP contribution in [0, 0.1) is 0 Å². The van der Waals surface area contributed by atoms with Gasteiger partial charge in [-0.1, -0.05) is 6.07 Å². The van der Waals surface area contributed by atoms with Crippen LogP contribution >= 0.6 is 0 Å². The maximum absolute atomic E-state index is 11.1. The van der Waals surface area contributed by atoms with E-state index in [1.165, 1.54) is 6.92 Å². The largest absolute Gasteiger partial charge is 0.493 e. The molecule has 0 radical (unpaired) electrons. The van der Waals surface area contributed by atoms with E-state index in [-0.39, 0.29) is 5.92 Å². The lowest BCUT2D eigenvalue weighted by Crippen LogP contribution is -2.24. The molecule has 1 aliphatic heterocycles. The summed E-state index contributed by atoms with van der Waals surface area (Å²) in [5, 5.41) is 10.8. The predicted octanol–water partition coefficient (Wildman–Crippen LogP) is 2.84. The van der Waals surface area contributed by atoms with Gasteiger partial charge in [0.05, 0.1) is 26.9 Å². The summed E-state index contributed by atoms with van der Waals surface area (Å²) in [5.41, 5.74) is 1.54. The normalized spacial score (nSPS) is 18.7. The van der Waals surface area contributed by atoms with Crippen molar-refractivity contribution in [1.82, 2.24) is 0 Å². The number of fused-ring (bicyclic) bond motifs is 1. The van der Waals surface area contributed by atoms with Gasteiger partial charge in [-0.3, -0.25) is 4.79 Å². The minimum atomic E-state index is -0.742. The molecule has 1 heterocycles. The van der Waals surface area contributed by atoms with Gasteiger partial charge in [-0.05, 0) is 29.8 Å². The minimum Gasteiger partial charge on any atom is -0.493 e. The summed E-state index contributed by atoms with van der Waals surface area (Å²) in [4.78, 5) is 11.1.